The van der Waals surface area contributed by atoms with Crippen molar-refractivity contribution >= 4 is 5.69 Å². The fourth-order valence-electron chi connectivity index (χ4n) is 2.90. The van der Waals surface area contributed by atoms with Crippen LogP contribution in [0.15, 0.2) is 24.3 Å². The van der Waals surface area contributed by atoms with E-state index in [1.54, 1.807) is 0 Å². The van der Waals surface area contributed by atoms with E-state index < -0.39 is 0 Å². The molecule has 1 aromatic carbocycles. The van der Waals surface area contributed by atoms with Crippen molar-refractivity contribution in [2.45, 2.75) is 38.8 Å². The number of hydrogen-bond donors (Lipinski definition) is 1. The molecule has 0 amide bonds. The molecule has 2 atom stereocenters. The fourth-order valence-corrected chi connectivity index (χ4v) is 2.90. The van der Waals surface area contributed by atoms with Gasteiger partial charge in [0.15, 0.2) is 0 Å². The van der Waals surface area contributed by atoms with Gasteiger partial charge in [0.1, 0.15) is 0 Å². The Morgan fingerprint density at radius 1 is 1.37 bits per heavy atom. The lowest BCUT2D eigenvalue weighted by atomic mass is 10.1. The topological polar surface area (TPSA) is 26.7 Å². The molecule has 0 aliphatic carbocycles. The molecule has 1 aliphatic rings. The average Bonchev–Trinajstić information content (AvgIpc) is 2.52. The number of aryl methyl sites for hydroxylation is 1. The van der Waals surface area contributed by atoms with Gasteiger partial charge in [0.2, 0.25) is 0 Å². The molecule has 1 aromatic rings. The molecule has 2 unspecified atom stereocenters. The average molecular weight is 262 g/mol. The molecule has 0 radical (unpaired) electrons. The van der Waals surface area contributed by atoms with Crippen molar-refractivity contribution in [1.29, 1.82) is 0 Å². The minimum atomic E-state index is 0.269. The lowest BCUT2D eigenvalue weighted by Gasteiger charge is -2.33. The van der Waals surface area contributed by atoms with Gasteiger partial charge in [-0.1, -0.05) is 12.1 Å². The summed E-state index contributed by atoms with van der Waals surface area (Å²) < 4.78 is 0. The summed E-state index contributed by atoms with van der Waals surface area (Å²) in [4.78, 5) is 4.89. The van der Waals surface area contributed by atoms with E-state index in [0.29, 0.717) is 12.1 Å². The largest absolute Gasteiger partial charge is 0.396 e. The minimum absolute atomic E-state index is 0.269. The summed E-state index contributed by atoms with van der Waals surface area (Å²) in [6.07, 6.45) is 2.03. The molecule has 0 aromatic heterocycles. The van der Waals surface area contributed by atoms with Gasteiger partial charge < -0.3 is 14.9 Å². The summed E-state index contributed by atoms with van der Waals surface area (Å²) in [6, 6.07) is 9.72. The summed E-state index contributed by atoms with van der Waals surface area (Å²) in [5.41, 5.74) is 2.62. The maximum absolute atomic E-state index is 9.25. The van der Waals surface area contributed by atoms with Crippen LogP contribution in [0.3, 0.4) is 0 Å². The fraction of sp³-hybridized carbons (Fsp3) is 0.625. The minimum Gasteiger partial charge on any atom is -0.396 e. The van der Waals surface area contributed by atoms with Crippen LogP contribution in [0.25, 0.3) is 0 Å². The Bertz CT molecular complexity index is 407. The maximum Gasteiger partial charge on any atom is 0.0446 e. The quantitative estimate of drug-likeness (QED) is 0.905. The molecule has 1 saturated heterocycles. The van der Waals surface area contributed by atoms with Crippen LogP contribution in [0.4, 0.5) is 5.69 Å². The Labute approximate surface area is 116 Å². The third-order valence-electron chi connectivity index (χ3n) is 4.26. The predicted molar refractivity (Wildman–Crippen MR) is 80.7 cm³/mol. The second kappa shape index (κ2) is 6.40. The molecular formula is C16H26N2O. The van der Waals surface area contributed by atoms with E-state index in [9.17, 15) is 5.11 Å². The van der Waals surface area contributed by atoms with E-state index in [4.69, 9.17) is 0 Å². The Morgan fingerprint density at radius 3 is 2.84 bits per heavy atom. The van der Waals surface area contributed by atoms with E-state index in [1.807, 2.05) is 0 Å². The zero-order valence-corrected chi connectivity index (χ0v) is 12.3. The van der Waals surface area contributed by atoms with Crippen LogP contribution >= 0.6 is 0 Å². The first-order valence-electron chi connectivity index (χ1n) is 7.26. The van der Waals surface area contributed by atoms with Gasteiger partial charge in [0.05, 0.1) is 0 Å². The van der Waals surface area contributed by atoms with E-state index >= 15 is 0 Å². The third-order valence-corrected chi connectivity index (χ3v) is 4.26. The van der Waals surface area contributed by atoms with Crippen LogP contribution in [0.2, 0.25) is 0 Å². The van der Waals surface area contributed by atoms with Crippen molar-refractivity contribution in [3.63, 3.8) is 0 Å². The van der Waals surface area contributed by atoms with Gasteiger partial charge in [0, 0.05) is 37.5 Å². The van der Waals surface area contributed by atoms with E-state index in [-0.39, 0.29) is 6.61 Å². The summed E-state index contributed by atoms with van der Waals surface area (Å²) in [6.45, 7) is 6.82. The highest BCUT2D eigenvalue weighted by molar-refractivity contribution is 5.49. The molecular weight excluding hydrogens is 236 g/mol. The normalized spacial score (nSPS) is 25.4. The van der Waals surface area contributed by atoms with Crippen LogP contribution < -0.4 is 4.90 Å². The van der Waals surface area contributed by atoms with E-state index in [2.05, 4.69) is 55.0 Å². The van der Waals surface area contributed by atoms with Gasteiger partial charge in [-0.2, -0.15) is 0 Å². The summed E-state index contributed by atoms with van der Waals surface area (Å²) in [5, 5.41) is 9.25. The lowest BCUT2D eigenvalue weighted by molar-refractivity contribution is 0.196. The predicted octanol–water partition coefficient (Wildman–Crippen LogP) is 2.28. The maximum atomic E-state index is 9.25. The molecule has 1 fully saturated rings. The van der Waals surface area contributed by atoms with Crippen LogP contribution in [-0.4, -0.2) is 48.8 Å². The third kappa shape index (κ3) is 3.48. The summed E-state index contributed by atoms with van der Waals surface area (Å²) in [5.74, 6) is 0. The number of anilines is 1. The molecule has 0 bridgehead atoms. The number of rotatable bonds is 3. The summed E-state index contributed by atoms with van der Waals surface area (Å²) in [7, 11) is 2.17. The molecule has 3 nitrogen and oxygen atoms in total. The molecule has 2 rings (SSSR count). The molecule has 0 saturated carbocycles. The Balaban J connectivity index is 2.21. The second-order valence-corrected chi connectivity index (χ2v) is 5.78. The standard InChI is InChI=1S/C16H26N2O/c1-13-5-4-6-15(11-13)18-12-16(8-10-19)17(3)9-7-14(18)2/h4-6,11,14,16,19H,7-10,12H2,1-3H3. The summed E-state index contributed by atoms with van der Waals surface area (Å²) >= 11 is 0. The van der Waals surface area contributed by atoms with Crippen molar-refractivity contribution in [3.05, 3.63) is 29.8 Å². The van der Waals surface area contributed by atoms with Gasteiger partial charge >= 0.3 is 0 Å². The molecule has 106 valence electrons. The SMILES string of the molecule is Cc1cccc(N2CC(CCO)N(C)CCC2C)c1. The number of benzene rings is 1. The highest BCUT2D eigenvalue weighted by Gasteiger charge is 2.26. The van der Waals surface area contributed by atoms with Gasteiger partial charge in [0.25, 0.3) is 0 Å². The Kier molecular flexibility index (Phi) is 4.83. The first-order chi connectivity index (χ1) is 9.11. The van der Waals surface area contributed by atoms with Crippen LogP contribution in [-0.2, 0) is 0 Å². The van der Waals surface area contributed by atoms with E-state index in [1.165, 1.54) is 17.7 Å². The molecule has 3 heteroatoms. The zero-order valence-electron chi connectivity index (χ0n) is 12.3. The molecule has 1 heterocycles. The van der Waals surface area contributed by atoms with E-state index in [0.717, 1.165) is 19.5 Å². The van der Waals surface area contributed by atoms with Crippen molar-refractivity contribution in [2.24, 2.45) is 0 Å². The first kappa shape index (κ1) is 14.4. The number of nitrogens with zero attached hydrogens (tertiary/aromatic N) is 2. The molecule has 1 aliphatic heterocycles. The highest BCUT2D eigenvalue weighted by Crippen LogP contribution is 2.24. The Morgan fingerprint density at radius 2 is 2.16 bits per heavy atom. The first-order valence-corrected chi connectivity index (χ1v) is 7.26. The van der Waals surface area contributed by atoms with Crippen molar-refractivity contribution in [3.8, 4) is 0 Å². The van der Waals surface area contributed by atoms with Crippen molar-refractivity contribution in [2.75, 3.05) is 31.6 Å². The monoisotopic (exact) mass is 262 g/mol. The van der Waals surface area contributed by atoms with Crippen LogP contribution in [0.5, 0.6) is 0 Å². The Hall–Kier alpha value is -1.06. The lowest BCUT2D eigenvalue weighted by Crippen LogP contribution is -2.41. The number of likely N-dealkylation sites (N-methyl/N-ethyl adjacent to an activating group) is 1. The van der Waals surface area contributed by atoms with Crippen LogP contribution in [0.1, 0.15) is 25.3 Å². The number of aliphatic hydroxyl groups excluding tert-OH is 1. The van der Waals surface area contributed by atoms with Gasteiger partial charge in [-0.15, -0.1) is 0 Å². The smallest absolute Gasteiger partial charge is 0.0446 e. The van der Waals surface area contributed by atoms with Gasteiger partial charge in [-0.3, -0.25) is 0 Å². The van der Waals surface area contributed by atoms with Crippen molar-refractivity contribution in [1.82, 2.24) is 4.90 Å². The van der Waals surface area contributed by atoms with Crippen LogP contribution in [0, 0.1) is 6.92 Å². The molecule has 1 N–H and O–H groups in total. The van der Waals surface area contributed by atoms with Gasteiger partial charge in [-0.05, 0) is 51.4 Å². The zero-order chi connectivity index (χ0) is 13.8. The van der Waals surface area contributed by atoms with Crippen molar-refractivity contribution < 1.29 is 5.11 Å². The number of aliphatic hydroxyl groups is 1. The number of hydrogen-bond acceptors (Lipinski definition) is 3. The highest BCUT2D eigenvalue weighted by atomic mass is 16.3. The second-order valence-electron chi connectivity index (χ2n) is 5.78. The van der Waals surface area contributed by atoms with Gasteiger partial charge in [-0.25, -0.2) is 0 Å². The molecule has 0 spiro atoms. The molecule has 19 heavy (non-hydrogen) atoms.